The van der Waals surface area contributed by atoms with Crippen molar-refractivity contribution in [3.63, 3.8) is 0 Å². The Morgan fingerprint density at radius 1 is 1.35 bits per heavy atom. The Kier molecular flexibility index (Phi) is 4.98. The summed E-state index contributed by atoms with van der Waals surface area (Å²) in [5.41, 5.74) is 4.31. The minimum Gasteiger partial charge on any atom is -0.379 e. The van der Waals surface area contributed by atoms with Gasteiger partial charge in [0.25, 0.3) is 5.91 Å². The van der Waals surface area contributed by atoms with E-state index in [0.717, 1.165) is 55.7 Å². The summed E-state index contributed by atoms with van der Waals surface area (Å²) < 4.78 is 5.33. The number of aryl methyl sites for hydroxylation is 2. The van der Waals surface area contributed by atoms with Crippen LogP contribution in [-0.4, -0.2) is 55.2 Å². The molecule has 0 aliphatic carbocycles. The molecule has 23 heavy (non-hydrogen) atoms. The van der Waals surface area contributed by atoms with Gasteiger partial charge in [0.15, 0.2) is 0 Å². The summed E-state index contributed by atoms with van der Waals surface area (Å²) >= 11 is 0. The molecule has 1 aliphatic rings. The van der Waals surface area contributed by atoms with E-state index in [2.05, 4.69) is 29.0 Å². The van der Waals surface area contributed by atoms with Crippen LogP contribution < -0.4 is 5.32 Å². The third-order valence-corrected chi connectivity index (χ3v) is 4.55. The van der Waals surface area contributed by atoms with Crippen LogP contribution in [0.3, 0.4) is 0 Å². The molecule has 0 bridgehead atoms. The number of morpholine rings is 1. The number of fused-ring (bicyclic) bond motifs is 1. The molecular formula is C18H25N3O2. The fraction of sp³-hybridized carbons (Fsp3) is 0.500. The second-order valence-corrected chi connectivity index (χ2v) is 6.05. The zero-order valence-corrected chi connectivity index (χ0v) is 13.9. The Hall–Kier alpha value is -1.85. The molecule has 1 aliphatic heterocycles. The summed E-state index contributed by atoms with van der Waals surface area (Å²) in [5, 5.41) is 4.18. The molecule has 3 rings (SSSR count). The van der Waals surface area contributed by atoms with Crippen LogP contribution in [0.15, 0.2) is 18.2 Å². The predicted molar refractivity (Wildman–Crippen MR) is 92.0 cm³/mol. The van der Waals surface area contributed by atoms with Crippen molar-refractivity contribution in [3.05, 3.63) is 35.0 Å². The van der Waals surface area contributed by atoms with Gasteiger partial charge in [0, 0.05) is 48.3 Å². The van der Waals surface area contributed by atoms with E-state index >= 15 is 0 Å². The van der Waals surface area contributed by atoms with E-state index < -0.39 is 0 Å². The first kappa shape index (κ1) is 16.0. The molecule has 0 spiro atoms. The Balaban J connectivity index is 1.63. The Morgan fingerprint density at radius 3 is 2.87 bits per heavy atom. The van der Waals surface area contributed by atoms with Gasteiger partial charge in [-0.3, -0.25) is 9.69 Å². The lowest BCUT2D eigenvalue weighted by Gasteiger charge is -2.26. The standard InChI is InChI=1S/C18H25N3O2/c1-3-15-13(2)20-17-5-4-14(12-16(15)17)18(22)19-6-7-21-8-10-23-11-9-21/h4-5,12,20H,3,6-11H2,1-2H3,(H,19,22). The van der Waals surface area contributed by atoms with Crippen molar-refractivity contribution < 1.29 is 9.53 Å². The fourth-order valence-electron chi connectivity index (χ4n) is 3.23. The van der Waals surface area contributed by atoms with Crippen LogP contribution in [0.2, 0.25) is 0 Å². The van der Waals surface area contributed by atoms with E-state index in [1.54, 1.807) is 0 Å². The van der Waals surface area contributed by atoms with Crippen molar-refractivity contribution >= 4 is 16.8 Å². The van der Waals surface area contributed by atoms with Crippen LogP contribution in [0, 0.1) is 6.92 Å². The van der Waals surface area contributed by atoms with E-state index in [-0.39, 0.29) is 5.91 Å². The molecule has 0 saturated carbocycles. The second kappa shape index (κ2) is 7.15. The van der Waals surface area contributed by atoms with E-state index in [0.29, 0.717) is 6.54 Å². The van der Waals surface area contributed by atoms with Gasteiger partial charge < -0.3 is 15.0 Å². The van der Waals surface area contributed by atoms with Crippen molar-refractivity contribution in [1.29, 1.82) is 0 Å². The average molecular weight is 315 g/mol. The summed E-state index contributed by atoms with van der Waals surface area (Å²) in [7, 11) is 0. The molecule has 1 fully saturated rings. The SMILES string of the molecule is CCc1c(C)[nH]c2ccc(C(=O)NCCN3CCOCC3)cc12. The number of hydrogen-bond donors (Lipinski definition) is 2. The monoisotopic (exact) mass is 315 g/mol. The lowest BCUT2D eigenvalue weighted by atomic mass is 10.1. The first-order valence-electron chi connectivity index (χ1n) is 8.38. The maximum atomic E-state index is 12.4. The second-order valence-electron chi connectivity index (χ2n) is 6.05. The summed E-state index contributed by atoms with van der Waals surface area (Å²) in [5.74, 6) is 0.000987. The lowest BCUT2D eigenvalue weighted by Crippen LogP contribution is -2.41. The van der Waals surface area contributed by atoms with Gasteiger partial charge in [-0.25, -0.2) is 0 Å². The molecule has 0 radical (unpaired) electrons. The first-order valence-corrected chi connectivity index (χ1v) is 8.38. The van der Waals surface area contributed by atoms with Gasteiger partial charge in [-0.05, 0) is 37.1 Å². The maximum Gasteiger partial charge on any atom is 0.251 e. The molecule has 5 heteroatoms. The van der Waals surface area contributed by atoms with Crippen LogP contribution in [0.1, 0.15) is 28.5 Å². The molecule has 2 N–H and O–H groups in total. The maximum absolute atomic E-state index is 12.4. The number of rotatable bonds is 5. The van der Waals surface area contributed by atoms with Crippen LogP contribution in [-0.2, 0) is 11.2 Å². The average Bonchev–Trinajstić information content (AvgIpc) is 2.89. The smallest absolute Gasteiger partial charge is 0.251 e. The molecule has 1 amide bonds. The number of nitrogens with zero attached hydrogens (tertiary/aromatic N) is 1. The molecule has 5 nitrogen and oxygen atoms in total. The van der Waals surface area contributed by atoms with Gasteiger partial charge in [-0.1, -0.05) is 6.92 Å². The number of aromatic amines is 1. The van der Waals surface area contributed by atoms with Gasteiger partial charge in [0.05, 0.1) is 13.2 Å². The number of aromatic nitrogens is 1. The lowest BCUT2D eigenvalue weighted by molar-refractivity contribution is 0.0383. The van der Waals surface area contributed by atoms with Crippen molar-refractivity contribution in [2.75, 3.05) is 39.4 Å². The highest BCUT2D eigenvalue weighted by molar-refractivity contribution is 5.99. The summed E-state index contributed by atoms with van der Waals surface area (Å²) in [6, 6.07) is 5.89. The van der Waals surface area contributed by atoms with Gasteiger partial charge in [0.1, 0.15) is 0 Å². The summed E-state index contributed by atoms with van der Waals surface area (Å²) in [6.45, 7) is 9.25. The number of benzene rings is 1. The predicted octanol–water partition coefficient (Wildman–Crippen LogP) is 2.10. The zero-order chi connectivity index (χ0) is 16.2. The largest absolute Gasteiger partial charge is 0.379 e. The molecule has 0 atom stereocenters. The molecular weight excluding hydrogens is 290 g/mol. The third kappa shape index (κ3) is 3.57. The van der Waals surface area contributed by atoms with Gasteiger partial charge in [0.2, 0.25) is 0 Å². The Bertz CT molecular complexity index is 687. The zero-order valence-electron chi connectivity index (χ0n) is 13.9. The summed E-state index contributed by atoms with van der Waals surface area (Å²) in [6.07, 6.45) is 0.966. The molecule has 1 aromatic carbocycles. The number of hydrogen-bond acceptors (Lipinski definition) is 3. The molecule has 1 aromatic heterocycles. The minimum atomic E-state index is 0.000987. The number of H-pyrrole nitrogens is 1. The van der Waals surface area contributed by atoms with E-state index in [9.17, 15) is 4.79 Å². The van der Waals surface area contributed by atoms with Crippen molar-refractivity contribution in [3.8, 4) is 0 Å². The van der Waals surface area contributed by atoms with Crippen LogP contribution in [0.4, 0.5) is 0 Å². The highest BCUT2D eigenvalue weighted by atomic mass is 16.5. The number of carbonyl (C=O) groups is 1. The normalized spacial score (nSPS) is 15.9. The fourth-order valence-corrected chi connectivity index (χ4v) is 3.23. The Labute approximate surface area is 137 Å². The van der Waals surface area contributed by atoms with Crippen LogP contribution in [0.25, 0.3) is 10.9 Å². The van der Waals surface area contributed by atoms with Gasteiger partial charge in [-0.15, -0.1) is 0 Å². The van der Waals surface area contributed by atoms with Crippen molar-refractivity contribution in [2.24, 2.45) is 0 Å². The van der Waals surface area contributed by atoms with E-state index in [4.69, 9.17) is 4.74 Å². The van der Waals surface area contributed by atoms with Gasteiger partial charge >= 0.3 is 0 Å². The van der Waals surface area contributed by atoms with E-state index in [1.807, 2.05) is 18.2 Å². The van der Waals surface area contributed by atoms with Crippen LogP contribution in [0.5, 0.6) is 0 Å². The van der Waals surface area contributed by atoms with E-state index in [1.165, 1.54) is 11.3 Å². The Morgan fingerprint density at radius 2 is 2.13 bits per heavy atom. The first-order chi connectivity index (χ1) is 11.2. The number of carbonyl (C=O) groups excluding carboxylic acids is 1. The minimum absolute atomic E-state index is 0.000987. The number of nitrogens with one attached hydrogen (secondary N) is 2. The molecule has 2 aromatic rings. The molecule has 1 saturated heterocycles. The third-order valence-electron chi connectivity index (χ3n) is 4.55. The topological polar surface area (TPSA) is 57.4 Å². The number of amides is 1. The quantitative estimate of drug-likeness (QED) is 0.888. The number of ether oxygens (including phenoxy) is 1. The highest BCUT2D eigenvalue weighted by Gasteiger charge is 2.13. The molecule has 2 heterocycles. The highest BCUT2D eigenvalue weighted by Crippen LogP contribution is 2.23. The van der Waals surface area contributed by atoms with Crippen LogP contribution >= 0.6 is 0 Å². The summed E-state index contributed by atoms with van der Waals surface area (Å²) in [4.78, 5) is 18.1. The molecule has 0 unspecified atom stereocenters. The van der Waals surface area contributed by atoms with Crippen molar-refractivity contribution in [1.82, 2.24) is 15.2 Å². The molecule has 124 valence electrons. The van der Waals surface area contributed by atoms with Gasteiger partial charge in [-0.2, -0.15) is 0 Å². The van der Waals surface area contributed by atoms with Crippen molar-refractivity contribution in [2.45, 2.75) is 20.3 Å².